The van der Waals surface area contributed by atoms with E-state index >= 15 is 0 Å². The molecular weight excluding hydrogens is 473 g/mol. The summed E-state index contributed by atoms with van der Waals surface area (Å²) in [5.41, 5.74) is 0.740. The van der Waals surface area contributed by atoms with E-state index in [1.807, 2.05) is 0 Å². The Morgan fingerprint density at radius 3 is 2.61 bits per heavy atom. The van der Waals surface area contributed by atoms with Gasteiger partial charge in [0.2, 0.25) is 0 Å². The number of anilines is 2. The van der Waals surface area contributed by atoms with E-state index in [1.165, 1.54) is 19.3 Å². The van der Waals surface area contributed by atoms with Gasteiger partial charge in [0.25, 0.3) is 5.56 Å². The first-order valence-corrected chi connectivity index (χ1v) is 12.2. The number of alkyl halides is 3. The fraction of sp³-hybridized carbons (Fsp3) is 0.480. The molecule has 1 aromatic carbocycles. The summed E-state index contributed by atoms with van der Waals surface area (Å²) in [5, 5.41) is 3.76. The Bertz CT molecular complexity index is 1280. The average Bonchev–Trinajstić information content (AvgIpc) is 2.87. The molecule has 5 rings (SSSR count). The molecule has 192 valence electrons. The normalized spacial score (nSPS) is 18.1. The minimum absolute atomic E-state index is 0.153. The second kappa shape index (κ2) is 10.1. The molecule has 0 bridgehead atoms. The summed E-state index contributed by atoms with van der Waals surface area (Å²) in [5.74, 6) is 0.454. The molecule has 11 heteroatoms. The topological polar surface area (TPSA) is 86.4 Å². The molecule has 0 radical (unpaired) electrons. The fourth-order valence-corrected chi connectivity index (χ4v) is 5.12. The van der Waals surface area contributed by atoms with Gasteiger partial charge < -0.3 is 19.9 Å². The molecular formula is C25H29F3N6O2. The number of aromatic amines is 1. The lowest BCUT2D eigenvalue weighted by atomic mass is 10.0. The van der Waals surface area contributed by atoms with Gasteiger partial charge in [0, 0.05) is 52.0 Å². The molecule has 2 fully saturated rings. The lowest BCUT2D eigenvalue weighted by Gasteiger charge is -2.41. The highest BCUT2D eigenvalue weighted by Gasteiger charge is 2.33. The van der Waals surface area contributed by atoms with Gasteiger partial charge in [0.15, 0.2) is 0 Å². The van der Waals surface area contributed by atoms with Crippen molar-refractivity contribution >= 4 is 22.5 Å². The molecule has 0 atom stereocenters. The van der Waals surface area contributed by atoms with Gasteiger partial charge in [-0.25, -0.2) is 9.97 Å². The number of ether oxygens (including phenoxy) is 1. The molecule has 2 saturated heterocycles. The van der Waals surface area contributed by atoms with Crippen LogP contribution >= 0.6 is 0 Å². The Morgan fingerprint density at radius 2 is 1.89 bits per heavy atom. The number of nitrogens with zero attached hydrogens (tertiary/aromatic N) is 4. The Balaban J connectivity index is 1.35. The van der Waals surface area contributed by atoms with Crippen molar-refractivity contribution in [1.29, 1.82) is 0 Å². The van der Waals surface area contributed by atoms with E-state index in [4.69, 9.17) is 4.74 Å². The largest absolute Gasteiger partial charge is 0.416 e. The van der Waals surface area contributed by atoms with Gasteiger partial charge in [-0.15, -0.1) is 0 Å². The second-order valence-corrected chi connectivity index (χ2v) is 9.28. The van der Waals surface area contributed by atoms with Crippen molar-refractivity contribution in [2.24, 2.45) is 0 Å². The maximum atomic E-state index is 13.3. The lowest BCUT2D eigenvalue weighted by Crippen LogP contribution is -2.52. The van der Waals surface area contributed by atoms with E-state index in [9.17, 15) is 18.0 Å². The summed E-state index contributed by atoms with van der Waals surface area (Å²) in [6.45, 7) is 6.40. The van der Waals surface area contributed by atoms with Crippen molar-refractivity contribution in [3.8, 4) is 0 Å². The summed E-state index contributed by atoms with van der Waals surface area (Å²) in [6, 6.07) is 6.45. The van der Waals surface area contributed by atoms with Crippen LogP contribution < -0.4 is 15.8 Å². The van der Waals surface area contributed by atoms with Gasteiger partial charge in [-0.2, -0.15) is 13.2 Å². The summed E-state index contributed by atoms with van der Waals surface area (Å²) in [4.78, 5) is 28.7. The van der Waals surface area contributed by atoms with E-state index in [-0.39, 0.29) is 17.7 Å². The van der Waals surface area contributed by atoms with Crippen molar-refractivity contribution in [2.75, 3.05) is 49.6 Å². The number of hydrogen-bond acceptors (Lipinski definition) is 7. The van der Waals surface area contributed by atoms with Gasteiger partial charge in [-0.05, 0) is 43.0 Å². The minimum atomic E-state index is -4.41. The quantitative estimate of drug-likeness (QED) is 0.552. The third-order valence-corrected chi connectivity index (χ3v) is 7.19. The molecule has 36 heavy (non-hydrogen) atoms. The van der Waals surface area contributed by atoms with E-state index in [0.717, 1.165) is 58.3 Å². The van der Waals surface area contributed by atoms with Gasteiger partial charge in [-0.1, -0.05) is 12.1 Å². The van der Waals surface area contributed by atoms with Crippen LogP contribution in [0.3, 0.4) is 0 Å². The van der Waals surface area contributed by atoms with Crippen LogP contribution in [0.1, 0.15) is 29.5 Å². The molecule has 0 unspecified atom stereocenters. The smallest absolute Gasteiger partial charge is 0.381 e. The summed E-state index contributed by atoms with van der Waals surface area (Å²) >= 11 is 0. The third-order valence-electron chi connectivity index (χ3n) is 7.19. The molecule has 0 amide bonds. The molecule has 0 spiro atoms. The van der Waals surface area contributed by atoms with Crippen molar-refractivity contribution in [3.05, 3.63) is 57.6 Å². The third kappa shape index (κ3) is 5.03. The monoisotopic (exact) mass is 502 g/mol. The summed E-state index contributed by atoms with van der Waals surface area (Å²) in [7, 11) is 0. The first-order valence-electron chi connectivity index (χ1n) is 12.2. The molecule has 0 saturated carbocycles. The van der Waals surface area contributed by atoms with Crippen molar-refractivity contribution in [1.82, 2.24) is 19.9 Å². The van der Waals surface area contributed by atoms with Gasteiger partial charge in [0.05, 0.1) is 10.9 Å². The van der Waals surface area contributed by atoms with E-state index in [2.05, 4.69) is 30.1 Å². The van der Waals surface area contributed by atoms with Gasteiger partial charge >= 0.3 is 6.18 Å². The van der Waals surface area contributed by atoms with E-state index in [0.29, 0.717) is 34.1 Å². The molecule has 2 aliphatic rings. The van der Waals surface area contributed by atoms with E-state index in [1.54, 1.807) is 12.1 Å². The number of benzene rings is 1. The van der Waals surface area contributed by atoms with Crippen LogP contribution in [0.25, 0.3) is 11.0 Å². The minimum Gasteiger partial charge on any atom is -0.381 e. The number of pyridine rings is 1. The van der Waals surface area contributed by atoms with Gasteiger partial charge in [-0.3, -0.25) is 9.69 Å². The number of rotatable bonds is 5. The van der Waals surface area contributed by atoms with Crippen LogP contribution in [-0.4, -0.2) is 65.3 Å². The zero-order chi connectivity index (χ0) is 25.3. The number of nitrogens with one attached hydrogen (secondary N) is 2. The first kappa shape index (κ1) is 24.5. The average molecular weight is 503 g/mol. The summed E-state index contributed by atoms with van der Waals surface area (Å²) < 4.78 is 45.4. The standard InChI is InChI=1S/C25H29F3N6O2/c1-16-17(3-2-4-20(16)25(26,27)28)14-29-22-19-13-21(24(35)32-23(19)31-15-30-22)34-9-7-33(8-10-34)18-5-11-36-12-6-18/h2-4,13,15,18H,5-12,14H2,1H3,(H2,29,30,31,32,35). The number of piperazine rings is 1. The Hall–Kier alpha value is -3.18. The zero-order valence-electron chi connectivity index (χ0n) is 20.1. The van der Waals surface area contributed by atoms with Crippen molar-refractivity contribution < 1.29 is 17.9 Å². The first-order chi connectivity index (χ1) is 17.3. The van der Waals surface area contributed by atoms with Crippen molar-refractivity contribution in [3.63, 3.8) is 0 Å². The van der Waals surface area contributed by atoms with Crippen LogP contribution in [0.5, 0.6) is 0 Å². The van der Waals surface area contributed by atoms with Crippen LogP contribution in [0.15, 0.2) is 35.4 Å². The highest BCUT2D eigenvalue weighted by atomic mass is 19.4. The maximum Gasteiger partial charge on any atom is 0.416 e. The number of fused-ring (bicyclic) bond motifs is 1. The molecule has 4 heterocycles. The molecule has 0 aliphatic carbocycles. The Labute approximate surface area is 206 Å². The Morgan fingerprint density at radius 1 is 1.14 bits per heavy atom. The SMILES string of the molecule is Cc1c(CNc2ncnc3[nH]c(=O)c(N4CCN(C5CCOCC5)CC4)cc23)cccc1C(F)(F)F. The lowest BCUT2D eigenvalue weighted by molar-refractivity contribution is -0.138. The molecule has 2 aromatic heterocycles. The Kier molecular flexibility index (Phi) is 6.85. The van der Waals surface area contributed by atoms with Crippen LogP contribution in [0.2, 0.25) is 0 Å². The van der Waals surface area contributed by atoms with Crippen molar-refractivity contribution in [2.45, 2.75) is 38.5 Å². The van der Waals surface area contributed by atoms with Crippen LogP contribution in [-0.2, 0) is 17.5 Å². The number of aromatic nitrogens is 3. The van der Waals surface area contributed by atoms with Crippen LogP contribution in [0.4, 0.5) is 24.7 Å². The molecule has 2 aliphatic heterocycles. The number of halogens is 3. The highest BCUT2D eigenvalue weighted by molar-refractivity contribution is 5.88. The predicted molar refractivity (Wildman–Crippen MR) is 131 cm³/mol. The number of H-pyrrole nitrogens is 1. The molecule has 8 nitrogen and oxygen atoms in total. The van der Waals surface area contributed by atoms with E-state index < -0.39 is 11.7 Å². The molecule has 2 N–H and O–H groups in total. The highest BCUT2D eigenvalue weighted by Crippen LogP contribution is 2.33. The second-order valence-electron chi connectivity index (χ2n) is 9.28. The van der Waals surface area contributed by atoms with Crippen LogP contribution in [0, 0.1) is 6.92 Å². The van der Waals surface area contributed by atoms with Gasteiger partial charge in [0.1, 0.15) is 23.5 Å². The maximum absolute atomic E-state index is 13.3. The summed E-state index contributed by atoms with van der Waals surface area (Å²) in [6.07, 6.45) is -1.01. The fourth-order valence-electron chi connectivity index (χ4n) is 5.12. The zero-order valence-corrected chi connectivity index (χ0v) is 20.1. The molecule has 3 aromatic rings. The number of hydrogen-bond donors (Lipinski definition) is 2. The predicted octanol–water partition coefficient (Wildman–Crippen LogP) is 3.56.